The van der Waals surface area contributed by atoms with Crippen LogP contribution in [-0.2, 0) is 0 Å². The normalized spacial score (nSPS) is 11.5. The second-order valence-electron chi connectivity index (χ2n) is 11.1. The van der Waals surface area contributed by atoms with Gasteiger partial charge in [-0.2, -0.15) is 0 Å². The molecule has 0 unspecified atom stereocenters. The summed E-state index contributed by atoms with van der Waals surface area (Å²) in [5.74, 6) is 2.20. The molecule has 0 saturated heterocycles. The maximum atomic E-state index is 6.43. The van der Waals surface area contributed by atoms with Gasteiger partial charge in [-0.3, -0.25) is 0 Å². The largest absolute Gasteiger partial charge is 0.455 e. The fourth-order valence-electron chi connectivity index (χ4n) is 5.96. The fourth-order valence-corrected chi connectivity index (χ4v) is 5.96. The Balaban J connectivity index is 1.23. The van der Waals surface area contributed by atoms with Gasteiger partial charge in [-0.15, -0.1) is 0 Å². The highest BCUT2D eigenvalue weighted by Gasteiger charge is 2.19. The number of aromatic nitrogens is 4. The van der Waals surface area contributed by atoms with E-state index in [1.54, 1.807) is 0 Å². The van der Waals surface area contributed by atoms with Gasteiger partial charge < -0.3 is 8.83 Å². The zero-order valence-corrected chi connectivity index (χ0v) is 24.5. The second kappa shape index (κ2) is 10.6. The lowest BCUT2D eigenvalue weighted by Crippen LogP contribution is -2.00. The van der Waals surface area contributed by atoms with E-state index < -0.39 is 0 Å². The summed E-state index contributed by atoms with van der Waals surface area (Å²) in [5.41, 5.74) is 8.62. The molecular formula is C40H24N4O2. The van der Waals surface area contributed by atoms with Crippen molar-refractivity contribution in [1.82, 2.24) is 19.9 Å². The van der Waals surface area contributed by atoms with E-state index in [1.807, 2.05) is 109 Å². The first kappa shape index (κ1) is 26.0. The third kappa shape index (κ3) is 4.43. The number of fused-ring (bicyclic) bond motifs is 4. The summed E-state index contributed by atoms with van der Waals surface area (Å²) in [6.45, 7) is 0. The van der Waals surface area contributed by atoms with Crippen molar-refractivity contribution in [3.63, 3.8) is 0 Å². The van der Waals surface area contributed by atoms with Crippen molar-refractivity contribution in [3.05, 3.63) is 146 Å². The predicted octanol–water partition coefficient (Wildman–Crippen LogP) is 10.2. The van der Waals surface area contributed by atoms with Crippen molar-refractivity contribution in [2.75, 3.05) is 0 Å². The first-order chi connectivity index (χ1) is 22.8. The average molecular weight is 593 g/mol. The van der Waals surface area contributed by atoms with Crippen LogP contribution in [0.4, 0.5) is 0 Å². The van der Waals surface area contributed by atoms with Crippen molar-refractivity contribution in [2.24, 2.45) is 0 Å². The predicted molar refractivity (Wildman–Crippen MR) is 182 cm³/mol. The van der Waals surface area contributed by atoms with Gasteiger partial charge in [0.25, 0.3) is 0 Å². The molecule has 6 heteroatoms. The summed E-state index contributed by atoms with van der Waals surface area (Å²) >= 11 is 0. The molecule has 0 saturated carbocycles. The summed E-state index contributed by atoms with van der Waals surface area (Å²) < 4.78 is 12.6. The number of rotatable bonds is 5. The van der Waals surface area contributed by atoms with Crippen molar-refractivity contribution in [1.29, 1.82) is 0 Å². The topological polar surface area (TPSA) is 77.8 Å². The minimum absolute atomic E-state index is 0.519. The Morgan fingerprint density at radius 3 is 1.76 bits per heavy atom. The van der Waals surface area contributed by atoms with Crippen molar-refractivity contribution >= 4 is 33.0 Å². The molecule has 46 heavy (non-hydrogen) atoms. The van der Waals surface area contributed by atoms with Gasteiger partial charge in [-0.05, 0) is 48.0 Å². The molecule has 216 valence electrons. The zero-order chi connectivity index (χ0) is 30.5. The summed E-state index contributed by atoms with van der Waals surface area (Å²) in [4.78, 5) is 19.8. The van der Waals surface area contributed by atoms with E-state index >= 15 is 0 Å². The van der Waals surface area contributed by atoms with E-state index in [-0.39, 0.29) is 0 Å². The standard InChI is InChI=1S/C40H24N4O2/c1-4-12-25(13-5-1)29-18-10-19-30-32-24-28(22-23-33(32)45-36(29)30)38-42-37(26-14-6-2-7-15-26)43-39(44-38)31-20-11-21-34-35(31)41-40(46-34)27-16-8-3-9-17-27/h1-24H. The summed E-state index contributed by atoms with van der Waals surface area (Å²) in [5, 5.41) is 2.04. The molecule has 0 aliphatic carbocycles. The molecule has 9 rings (SSSR count). The van der Waals surface area contributed by atoms with Gasteiger partial charge in [0, 0.05) is 38.6 Å². The van der Waals surface area contributed by atoms with Crippen LogP contribution in [-0.4, -0.2) is 19.9 Å². The van der Waals surface area contributed by atoms with Crippen LogP contribution in [0.15, 0.2) is 154 Å². The molecule has 6 aromatic carbocycles. The maximum absolute atomic E-state index is 6.43. The van der Waals surface area contributed by atoms with Gasteiger partial charge in [0.05, 0.1) is 0 Å². The molecule has 0 bridgehead atoms. The molecule has 0 atom stereocenters. The minimum Gasteiger partial charge on any atom is -0.455 e. The monoisotopic (exact) mass is 592 g/mol. The first-order valence-electron chi connectivity index (χ1n) is 15.1. The first-order valence-corrected chi connectivity index (χ1v) is 15.1. The number of nitrogens with zero attached hydrogens (tertiary/aromatic N) is 4. The third-order valence-corrected chi connectivity index (χ3v) is 8.19. The number of hydrogen-bond donors (Lipinski definition) is 0. The highest BCUT2D eigenvalue weighted by molar-refractivity contribution is 6.10. The maximum Gasteiger partial charge on any atom is 0.227 e. The van der Waals surface area contributed by atoms with Gasteiger partial charge in [-0.25, -0.2) is 19.9 Å². The summed E-state index contributed by atoms with van der Waals surface area (Å²) in [6.07, 6.45) is 0. The van der Waals surface area contributed by atoms with E-state index in [2.05, 4.69) is 36.4 Å². The lowest BCUT2D eigenvalue weighted by atomic mass is 10.0. The third-order valence-electron chi connectivity index (χ3n) is 8.19. The van der Waals surface area contributed by atoms with Gasteiger partial charge >= 0.3 is 0 Å². The van der Waals surface area contributed by atoms with Crippen molar-refractivity contribution in [3.8, 4) is 56.7 Å². The number of hydrogen-bond acceptors (Lipinski definition) is 6. The Hall–Kier alpha value is -6.40. The molecule has 6 nitrogen and oxygen atoms in total. The number of oxazole rings is 1. The molecular weight excluding hydrogens is 568 g/mol. The molecule has 0 aliphatic rings. The van der Waals surface area contributed by atoms with Gasteiger partial charge in [0.15, 0.2) is 23.1 Å². The van der Waals surface area contributed by atoms with Gasteiger partial charge in [0.1, 0.15) is 16.7 Å². The average Bonchev–Trinajstić information content (AvgIpc) is 3.74. The lowest BCUT2D eigenvalue weighted by Gasteiger charge is -2.08. The highest BCUT2D eigenvalue weighted by atomic mass is 16.3. The van der Waals surface area contributed by atoms with Crippen LogP contribution in [0.2, 0.25) is 0 Å². The van der Waals surface area contributed by atoms with E-state index in [9.17, 15) is 0 Å². The van der Waals surface area contributed by atoms with Crippen molar-refractivity contribution < 1.29 is 8.83 Å². The summed E-state index contributed by atoms with van der Waals surface area (Å²) in [6, 6.07) is 48.4. The van der Waals surface area contributed by atoms with E-state index in [0.29, 0.717) is 34.5 Å². The number of furan rings is 1. The lowest BCUT2D eigenvalue weighted by molar-refractivity contribution is 0.620. The second-order valence-corrected chi connectivity index (χ2v) is 11.1. The van der Waals surface area contributed by atoms with Crippen LogP contribution >= 0.6 is 0 Å². The zero-order valence-electron chi connectivity index (χ0n) is 24.5. The Bertz CT molecular complexity index is 2520. The molecule has 0 radical (unpaired) electrons. The van der Waals surface area contributed by atoms with E-state index in [4.69, 9.17) is 28.8 Å². The summed E-state index contributed by atoms with van der Waals surface area (Å²) in [7, 11) is 0. The Morgan fingerprint density at radius 2 is 1.00 bits per heavy atom. The van der Waals surface area contributed by atoms with Crippen LogP contribution in [0.3, 0.4) is 0 Å². The van der Waals surface area contributed by atoms with Crippen LogP contribution in [0.25, 0.3) is 89.8 Å². The molecule has 3 heterocycles. The fraction of sp³-hybridized carbons (Fsp3) is 0. The highest BCUT2D eigenvalue weighted by Crippen LogP contribution is 2.38. The molecule has 0 N–H and O–H groups in total. The van der Waals surface area contributed by atoms with Crippen molar-refractivity contribution in [2.45, 2.75) is 0 Å². The van der Waals surface area contributed by atoms with Crippen LogP contribution < -0.4 is 0 Å². The van der Waals surface area contributed by atoms with E-state index in [1.165, 1.54) is 0 Å². The molecule has 0 aliphatic heterocycles. The van der Waals surface area contributed by atoms with Gasteiger partial charge in [-0.1, -0.05) is 103 Å². The van der Waals surface area contributed by atoms with Crippen LogP contribution in [0.1, 0.15) is 0 Å². The Kier molecular flexibility index (Phi) is 6.03. The SMILES string of the molecule is c1ccc(-c2nc(-c3ccc4oc5c(-c6ccccc6)cccc5c4c3)nc(-c3cccc4oc(-c5ccccc5)nc34)n2)cc1. The van der Waals surface area contributed by atoms with Crippen LogP contribution in [0, 0.1) is 0 Å². The molecule has 0 spiro atoms. The smallest absolute Gasteiger partial charge is 0.227 e. The minimum atomic E-state index is 0.519. The molecule has 0 fully saturated rings. The Morgan fingerprint density at radius 1 is 0.370 bits per heavy atom. The molecule has 0 amide bonds. The quantitative estimate of drug-likeness (QED) is 0.198. The number of benzene rings is 6. The Labute approximate surface area is 263 Å². The van der Waals surface area contributed by atoms with Gasteiger partial charge in [0.2, 0.25) is 5.89 Å². The molecule has 3 aromatic heterocycles. The van der Waals surface area contributed by atoms with E-state index in [0.717, 1.165) is 55.3 Å². The number of para-hydroxylation sites is 2. The molecule has 9 aromatic rings. The van der Waals surface area contributed by atoms with Crippen LogP contribution in [0.5, 0.6) is 0 Å².